The summed E-state index contributed by atoms with van der Waals surface area (Å²) in [6.07, 6.45) is -0.697. The highest BCUT2D eigenvalue weighted by atomic mass is 16.6. The van der Waals surface area contributed by atoms with Gasteiger partial charge in [0.15, 0.2) is 18.1 Å². The van der Waals surface area contributed by atoms with Gasteiger partial charge in [0.2, 0.25) is 6.10 Å². The van der Waals surface area contributed by atoms with Gasteiger partial charge in [-0.15, -0.1) is 0 Å². The first-order chi connectivity index (χ1) is 16.5. The summed E-state index contributed by atoms with van der Waals surface area (Å²) in [6, 6.07) is 13.8. The van der Waals surface area contributed by atoms with Gasteiger partial charge < -0.3 is 28.4 Å². The van der Waals surface area contributed by atoms with E-state index >= 15 is 0 Å². The van der Waals surface area contributed by atoms with Crippen LogP contribution in [0.2, 0.25) is 0 Å². The summed E-state index contributed by atoms with van der Waals surface area (Å²) in [5, 5.41) is 0.815. The highest BCUT2D eigenvalue weighted by molar-refractivity contribution is 5.83. The summed E-state index contributed by atoms with van der Waals surface area (Å²) in [6.45, 7) is 3.48. The zero-order valence-electron chi connectivity index (χ0n) is 18.7. The van der Waals surface area contributed by atoms with Crippen LogP contribution in [0.3, 0.4) is 0 Å². The van der Waals surface area contributed by atoms with E-state index in [0.717, 1.165) is 10.9 Å². The first-order valence-electron chi connectivity index (χ1n) is 11.1. The second-order valence-corrected chi connectivity index (χ2v) is 8.27. The third-order valence-corrected chi connectivity index (χ3v) is 6.01. The van der Waals surface area contributed by atoms with Crippen molar-refractivity contribution in [2.45, 2.75) is 13.0 Å². The molecule has 176 valence electrons. The average molecular weight is 464 g/mol. The number of hydrogen-bond donors (Lipinski definition) is 0. The molecule has 2 aliphatic rings. The van der Waals surface area contributed by atoms with Crippen LogP contribution in [0, 0.1) is 6.92 Å². The molecule has 2 aliphatic heterocycles. The van der Waals surface area contributed by atoms with Crippen molar-refractivity contribution >= 4 is 22.8 Å². The van der Waals surface area contributed by atoms with Crippen molar-refractivity contribution in [2.75, 3.05) is 39.4 Å². The van der Waals surface area contributed by atoms with Gasteiger partial charge in [0, 0.05) is 43.7 Å². The molecule has 9 heteroatoms. The molecule has 1 fully saturated rings. The smallest absolute Gasteiger partial charge is 0.336 e. The summed E-state index contributed by atoms with van der Waals surface area (Å²) in [5.74, 6) is 1.31. The van der Waals surface area contributed by atoms with Crippen LogP contribution in [0.1, 0.15) is 5.56 Å². The van der Waals surface area contributed by atoms with E-state index in [2.05, 4.69) is 0 Å². The Morgan fingerprint density at radius 1 is 1.00 bits per heavy atom. The Kier molecular flexibility index (Phi) is 5.83. The Bertz CT molecular complexity index is 1290. The average Bonchev–Trinajstić information content (AvgIpc) is 2.86. The van der Waals surface area contributed by atoms with Crippen LogP contribution < -0.4 is 19.8 Å². The van der Waals surface area contributed by atoms with Crippen LogP contribution in [0.4, 0.5) is 0 Å². The fraction of sp³-hybridized carbons (Fsp3) is 0.320. The molecule has 0 bridgehead atoms. The quantitative estimate of drug-likeness (QED) is 0.545. The molecule has 0 aliphatic carbocycles. The zero-order valence-corrected chi connectivity index (χ0v) is 18.7. The zero-order chi connectivity index (χ0) is 23.7. The van der Waals surface area contributed by atoms with E-state index in [1.165, 1.54) is 6.07 Å². The van der Waals surface area contributed by atoms with Gasteiger partial charge in [0.05, 0.1) is 0 Å². The summed E-state index contributed by atoms with van der Waals surface area (Å²) < 4.78 is 22.3. The second kappa shape index (κ2) is 9.09. The molecular weight excluding hydrogens is 440 g/mol. The minimum absolute atomic E-state index is 0.147. The minimum atomic E-state index is -0.697. The number of amides is 2. The molecule has 2 amide bonds. The molecule has 1 atom stereocenters. The molecule has 2 aromatic carbocycles. The van der Waals surface area contributed by atoms with E-state index in [4.69, 9.17) is 18.6 Å². The number of para-hydroxylation sites is 2. The molecule has 0 radical (unpaired) electrons. The summed E-state index contributed by atoms with van der Waals surface area (Å²) in [7, 11) is 0. The summed E-state index contributed by atoms with van der Waals surface area (Å²) in [4.78, 5) is 40.5. The van der Waals surface area contributed by atoms with Crippen molar-refractivity contribution in [3.05, 3.63) is 64.5 Å². The van der Waals surface area contributed by atoms with Crippen molar-refractivity contribution in [2.24, 2.45) is 0 Å². The third-order valence-electron chi connectivity index (χ3n) is 6.01. The first-order valence-corrected chi connectivity index (χ1v) is 11.1. The Balaban J connectivity index is 1.13. The number of benzene rings is 2. The SMILES string of the molecule is Cc1cc(=O)oc2cc(OCC(=O)N3CCN(C(=O)[C@H]4COc5ccccc5O4)CC3)ccc12. The van der Waals surface area contributed by atoms with Gasteiger partial charge >= 0.3 is 5.63 Å². The van der Waals surface area contributed by atoms with Crippen LogP contribution >= 0.6 is 0 Å². The number of aryl methyl sites for hydroxylation is 1. The summed E-state index contributed by atoms with van der Waals surface area (Å²) in [5.41, 5.74) is 0.800. The van der Waals surface area contributed by atoms with Gasteiger partial charge in [0.25, 0.3) is 11.8 Å². The molecule has 0 unspecified atom stereocenters. The maximum atomic E-state index is 12.9. The molecule has 3 heterocycles. The fourth-order valence-corrected chi connectivity index (χ4v) is 4.15. The van der Waals surface area contributed by atoms with Crippen LogP contribution in [-0.4, -0.2) is 67.1 Å². The number of carbonyl (C=O) groups is 2. The lowest BCUT2D eigenvalue weighted by molar-refractivity contribution is -0.146. The van der Waals surface area contributed by atoms with Crippen LogP contribution in [0.25, 0.3) is 11.0 Å². The molecule has 0 N–H and O–H groups in total. The van der Waals surface area contributed by atoms with Crippen molar-refractivity contribution in [1.29, 1.82) is 0 Å². The molecule has 5 rings (SSSR count). The molecule has 0 saturated carbocycles. The number of nitrogens with zero attached hydrogens (tertiary/aromatic N) is 2. The molecular formula is C25H24N2O7. The lowest BCUT2D eigenvalue weighted by Crippen LogP contribution is -2.55. The molecule has 1 saturated heterocycles. The van der Waals surface area contributed by atoms with E-state index in [-0.39, 0.29) is 25.0 Å². The number of piperazine rings is 1. The van der Waals surface area contributed by atoms with Crippen LogP contribution in [-0.2, 0) is 9.59 Å². The van der Waals surface area contributed by atoms with E-state index in [1.807, 2.05) is 19.1 Å². The first kappa shape index (κ1) is 21.8. The number of rotatable bonds is 4. The molecule has 1 aromatic heterocycles. The Labute approximate surface area is 195 Å². The van der Waals surface area contributed by atoms with Gasteiger partial charge in [-0.25, -0.2) is 4.79 Å². The predicted molar refractivity (Wildman–Crippen MR) is 122 cm³/mol. The van der Waals surface area contributed by atoms with Crippen LogP contribution in [0.5, 0.6) is 17.2 Å². The number of hydrogen-bond acceptors (Lipinski definition) is 7. The lowest BCUT2D eigenvalue weighted by atomic mass is 10.1. The predicted octanol–water partition coefficient (Wildman–Crippen LogP) is 1.99. The van der Waals surface area contributed by atoms with Crippen LogP contribution in [0.15, 0.2) is 57.7 Å². The molecule has 3 aromatic rings. The number of carbonyl (C=O) groups excluding carboxylic acids is 2. The monoisotopic (exact) mass is 464 g/mol. The molecule has 9 nitrogen and oxygen atoms in total. The third kappa shape index (κ3) is 4.41. The molecule has 0 spiro atoms. The number of ether oxygens (including phenoxy) is 3. The number of fused-ring (bicyclic) bond motifs is 2. The van der Waals surface area contributed by atoms with E-state index < -0.39 is 11.7 Å². The highest BCUT2D eigenvalue weighted by Gasteiger charge is 2.33. The lowest BCUT2D eigenvalue weighted by Gasteiger charge is -2.37. The van der Waals surface area contributed by atoms with Gasteiger partial charge in [-0.1, -0.05) is 12.1 Å². The largest absolute Gasteiger partial charge is 0.485 e. The van der Waals surface area contributed by atoms with Crippen molar-refractivity contribution in [3.63, 3.8) is 0 Å². The van der Waals surface area contributed by atoms with E-state index in [9.17, 15) is 14.4 Å². The normalized spacial score (nSPS) is 17.5. The fourth-order valence-electron chi connectivity index (χ4n) is 4.15. The van der Waals surface area contributed by atoms with Gasteiger partial charge in [-0.2, -0.15) is 0 Å². The molecule has 34 heavy (non-hydrogen) atoms. The second-order valence-electron chi connectivity index (χ2n) is 8.27. The maximum Gasteiger partial charge on any atom is 0.336 e. The standard InChI is InChI=1S/C25H24N2O7/c1-16-12-24(29)34-21-13-17(6-7-18(16)21)31-15-23(28)26-8-10-27(11-9-26)25(30)22-14-32-19-4-2-3-5-20(19)33-22/h2-7,12-13,22H,8-11,14-15H2,1H3/t22-/m1/s1. The maximum absolute atomic E-state index is 12.9. The topological polar surface area (TPSA) is 98.5 Å². The van der Waals surface area contributed by atoms with E-state index in [0.29, 0.717) is 49.0 Å². The summed E-state index contributed by atoms with van der Waals surface area (Å²) >= 11 is 0. The Morgan fingerprint density at radius 3 is 2.53 bits per heavy atom. The Hall–Kier alpha value is -4.01. The van der Waals surface area contributed by atoms with Gasteiger partial charge in [-0.05, 0) is 36.8 Å². The Morgan fingerprint density at radius 2 is 1.74 bits per heavy atom. The highest BCUT2D eigenvalue weighted by Crippen LogP contribution is 2.31. The van der Waals surface area contributed by atoms with Gasteiger partial charge in [-0.3, -0.25) is 9.59 Å². The van der Waals surface area contributed by atoms with Crippen molar-refractivity contribution in [3.8, 4) is 17.2 Å². The van der Waals surface area contributed by atoms with Gasteiger partial charge in [0.1, 0.15) is 17.9 Å². The van der Waals surface area contributed by atoms with Crippen molar-refractivity contribution < 1.29 is 28.2 Å². The van der Waals surface area contributed by atoms with Crippen molar-refractivity contribution in [1.82, 2.24) is 9.80 Å². The minimum Gasteiger partial charge on any atom is -0.485 e. The van der Waals surface area contributed by atoms with E-state index in [1.54, 1.807) is 40.1 Å².